The third-order valence-corrected chi connectivity index (χ3v) is 3.86. The third kappa shape index (κ3) is 3.26. The van der Waals surface area contributed by atoms with Crippen LogP contribution in [0.5, 0.6) is 0 Å². The number of aromatic nitrogens is 2. The maximum absolute atomic E-state index is 6.17. The second-order valence-electron chi connectivity index (χ2n) is 4.69. The van der Waals surface area contributed by atoms with Gasteiger partial charge in [-0.05, 0) is 24.1 Å². The number of hydrogen-bond acceptors (Lipinski definition) is 3. The summed E-state index contributed by atoms with van der Waals surface area (Å²) in [5.41, 5.74) is 1.06. The van der Waals surface area contributed by atoms with Crippen molar-refractivity contribution in [2.75, 3.05) is 11.9 Å². The summed E-state index contributed by atoms with van der Waals surface area (Å²) in [4.78, 5) is 0. The van der Waals surface area contributed by atoms with E-state index in [0.29, 0.717) is 10.0 Å². The van der Waals surface area contributed by atoms with Gasteiger partial charge in [0.25, 0.3) is 0 Å². The van der Waals surface area contributed by atoms with E-state index in [0.717, 1.165) is 35.1 Å². The predicted octanol–water partition coefficient (Wildman–Crippen LogP) is 4.59. The first-order valence-corrected chi connectivity index (χ1v) is 7.38. The number of nitrogens with one attached hydrogen (secondary N) is 1. The molecule has 3 aromatic rings. The molecule has 0 spiro atoms. The van der Waals surface area contributed by atoms with E-state index in [1.807, 2.05) is 36.4 Å². The molecule has 3 rings (SSSR count). The van der Waals surface area contributed by atoms with E-state index in [4.69, 9.17) is 23.2 Å². The van der Waals surface area contributed by atoms with Gasteiger partial charge in [0.1, 0.15) is 0 Å². The summed E-state index contributed by atoms with van der Waals surface area (Å²) in [6, 6.07) is 13.6. The van der Waals surface area contributed by atoms with Crippen LogP contribution >= 0.6 is 23.2 Å². The minimum atomic E-state index is 0.650. The minimum Gasteiger partial charge on any atom is -0.368 e. The molecule has 0 bridgehead atoms. The summed E-state index contributed by atoms with van der Waals surface area (Å²) in [6.45, 7) is 0.726. The Morgan fingerprint density at radius 3 is 2.76 bits per heavy atom. The molecule has 0 aliphatic carbocycles. The van der Waals surface area contributed by atoms with Crippen LogP contribution in [0.15, 0.2) is 48.7 Å². The summed E-state index contributed by atoms with van der Waals surface area (Å²) >= 11 is 12.1. The van der Waals surface area contributed by atoms with E-state index in [1.165, 1.54) is 0 Å². The number of rotatable bonds is 4. The zero-order chi connectivity index (χ0) is 14.7. The van der Waals surface area contributed by atoms with Crippen molar-refractivity contribution in [1.82, 2.24) is 10.2 Å². The Morgan fingerprint density at radius 2 is 1.90 bits per heavy atom. The van der Waals surface area contributed by atoms with E-state index in [1.54, 1.807) is 12.3 Å². The fourth-order valence-electron chi connectivity index (χ4n) is 2.20. The molecule has 0 fully saturated rings. The molecule has 0 aliphatic heterocycles. The molecule has 2 aromatic carbocycles. The van der Waals surface area contributed by atoms with Crippen molar-refractivity contribution in [3.8, 4) is 0 Å². The molecular weight excluding hydrogens is 305 g/mol. The summed E-state index contributed by atoms with van der Waals surface area (Å²) in [7, 11) is 0. The molecule has 0 amide bonds. The quantitative estimate of drug-likeness (QED) is 0.764. The minimum absolute atomic E-state index is 0.650. The average Bonchev–Trinajstić information content (AvgIpc) is 2.50. The van der Waals surface area contributed by atoms with Gasteiger partial charge in [0.05, 0.1) is 6.20 Å². The zero-order valence-corrected chi connectivity index (χ0v) is 12.7. The Labute approximate surface area is 132 Å². The molecule has 1 N–H and O–H groups in total. The highest BCUT2D eigenvalue weighted by Gasteiger charge is 2.04. The van der Waals surface area contributed by atoms with Gasteiger partial charge in [-0.2, -0.15) is 5.10 Å². The van der Waals surface area contributed by atoms with Gasteiger partial charge >= 0.3 is 0 Å². The smallest absolute Gasteiger partial charge is 0.156 e. The highest BCUT2D eigenvalue weighted by Crippen LogP contribution is 2.22. The molecule has 1 heterocycles. The van der Waals surface area contributed by atoms with Crippen LogP contribution in [0.3, 0.4) is 0 Å². The van der Waals surface area contributed by atoms with E-state index < -0.39 is 0 Å². The van der Waals surface area contributed by atoms with E-state index in [9.17, 15) is 0 Å². The van der Waals surface area contributed by atoms with Crippen molar-refractivity contribution >= 4 is 39.8 Å². The van der Waals surface area contributed by atoms with Crippen LogP contribution in [0.2, 0.25) is 10.0 Å². The van der Waals surface area contributed by atoms with Gasteiger partial charge in [-0.25, -0.2) is 0 Å². The number of benzene rings is 2. The monoisotopic (exact) mass is 317 g/mol. The number of fused-ring (bicyclic) bond motifs is 1. The maximum Gasteiger partial charge on any atom is 0.156 e. The lowest BCUT2D eigenvalue weighted by Gasteiger charge is -2.09. The highest BCUT2D eigenvalue weighted by molar-refractivity contribution is 6.35. The fourth-order valence-corrected chi connectivity index (χ4v) is 2.70. The molecule has 0 unspecified atom stereocenters. The number of anilines is 1. The lowest BCUT2D eigenvalue weighted by Crippen LogP contribution is -2.07. The van der Waals surface area contributed by atoms with Gasteiger partial charge in [0, 0.05) is 27.4 Å². The van der Waals surface area contributed by atoms with Crippen molar-refractivity contribution in [3.63, 3.8) is 0 Å². The molecule has 0 saturated heterocycles. The normalized spacial score (nSPS) is 10.8. The molecule has 0 aliphatic rings. The molecule has 5 heteroatoms. The van der Waals surface area contributed by atoms with Gasteiger partial charge in [-0.15, -0.1) is 5.10 Å². The maximum atomic E-state index is 6.17. The molecule has 21 heavy (non-hydrogen) atoms. The summed E-state index contributed by atoms with van der Waals surface area (Å²) in [5, 5.41) is 15.0. The van der Waals surface area contributed by atoms with Crippen LogP contribution < -0.4 is 5.32 Å². The van der Waals surface area contributed by atoms with Crippen molar-refractivity contribution < 1.29 is 0 Å². The van der Waals surface area contributed by atoms with Crippen molar-refractivity contribution in [1.29, 1.82) is 0 Å². The van der Waals surface area contributed by atoms with Crippen molar-refractivity contribution in [2.24, 2.45) is 0 Å². The third-order valence-electron chi connectivity index (χ3n) is 3.27. The van der Waals surface area contributed by atoms with Gasteiger partial charge < -0.3 is 5.32 Å². The zero-order valence-electron chi connectivity index (χ0n) is 11.2. The van der Waals surface area contributed by atoms with Crippen LogP contribution in [0.25, 0.3) is 10.8 Å². The topological polar surface area (TPSA) is 37.8 Å². The number of hydrogen-bond donors (Lipinski definition) is 1. The molecule has 0 saturated carbocycles. The number of halogens is 2. The molecule has 0 atom stereocenters. The van der Waals surface area contributed by atoms with Crippen molar-refractivity contribution in [2.45, 2.75) is 6.42 Å². The Bertz CT molecular complexity index is 769. The lowest BCUT2D eigenvalue weighted by atomic mass is 10.1. The standard InChI is InChI=1S/C16H13Cl2N3/c17-13-6-5-11(15(18)9-13)7-8-19-16-14-4-2-1-3-12(14)10-20-21-16/h1-6,9-10H,7-8H2,(H,19,21). The molecule has 1 aromatic heterocycles. The van der Waals surface area contributed by atoms with Crippen LogP contribution in [-0.2, 0) is 6.42 Å². The van der Waals surface area contributed by atoms with Gasteiger partial charge in [-0.1, -0.05) is 53.5 Å². The second-order valence-corrected chi connectivity index (χ2v) is 5.54. The van der Waals surface area contributed by atoms with Crippen LogP contribution in [0.4, 0.5) is 5.82 Å². The van der Waals surface area contributed by atoms with Gasteiger partial charge in [0.15, 0.2) is 5.82 Å². The molecule has 0 radical (unpaired) electrons. The molecular formula is C16H13Cl2N3. The fraction of sp³-hybridized carbons (Fsp3) is 0.125. The Morgan fingerprint density at radius 1 is 1.05 bits per heavy atom. The summed E-state index contributed by atoms with van der Waals surface area (Å²) < 4.78 is 0. The summed E-state index contributed by atoms with van der Waals surface area (Å²) in [5.74, 6) is 0.790. The predicted molar refractivity (Wildman–Crippen MR) is 88.2 cm³/mol. The first kappa shape index (κ1) is 14.1. The van der Waals surface area contributed by atoms with E-state index >= 15 is 0 Å². The Hall–Kier alpha value is -1.84. The molecule has 106 valence electrons. The number of nitrogens with zero attached hydrogens (tertiary/aromatic N) is 2. The van der Waals surface area contributed by atoms with Crippen LogP contribution in [0.1, 0.15) is 5.56 Å². The highest BCUT2D eigenvalue weighted by atomic mass is 35.5. The van der Waals surface area contributed by atoms with Gasteiger partial charge in [0.2, 0.25) is 0 Å². The van der Waals surface area contributed by atoms with E-state index in [2.05, 4.69) is 15.5 Å². The molecule has 3 nitrogen and oxygen atoms in total. The Balaban J connectivity index is 1.72. The van der Waals surface area contributed by atoms with Crippen LogP contribution in [-0.4, -0.2) is 16.7 Å². The van der Waals surface area contributed by atoms with Crippen LogP contribution in [0, 0.1) is 0 Å². The SMILES string of the molecule is Clc1ccc(CCNc2nncc3ccccc23)c(Cl)c1. The lowest BCUT2D eigenvalue weighted by molar-refractivity contribution is 0.977. The van der Waals surface area contributed by atoms with E-state index in [-0.39, 0.29) is 0 Å². The average molecular weight is 318 g/mol. The van der Waals surface area contributed by atoms with Gasteiger partial charge in [-0.3, -0.25) is 0 Å². The second kappa shape index (κ2) is 6.29. The van der Waals surface area contributed by atoms with Crippen molar-refractivity contribution in [3.05, 3.63) is 64.3 Å². The largest absolute Gasteiger partial charge is 0.368 e. The first-order valence-electron chi connectivity index (χ1n) is 6.62. The Kier molecular flexibility index (Phi) is 4.23. The summed E-state index contributed by atoms with van der Waals surface area (Å²) in [6.07, 6.45) is 2.55. The first-order chi connectivity index (χ1) is 10.2.